The van der Waals surface area contributed by atoms with Gasteiger partial charge in [-0.3, -0.25) is 0 Å². The minimum Gasteiger partial charge on any atom is -0.341 e. The molecule has 1 aliphatic rings. The molecule has 0 unspecified atom stereocenters. The second kappa shape index (κ2) is 8.61. The summed E-state index contributed by atoms with van der Waals surface area (Å²) < 4.78 is 3.46. The fraction of sp³-hybridized carbons (Fsp3) is 0.0968. The second-order valence-electron chi connectivity index (χ2n) is 9.21. The van der Waals surface area contributed by atoms with E-state index in [0.29, 0.717) is 0 Å². The molecule has 180 valence electrons. The molecule has 2 amide bonds. The van der Waals surface area contributed by atoms with Crippen molar-refractivity contribution in [2.24, 2.45) is 0 Å². The van der Waals surface area contributed by atoms with Crippen LogP contribution in [0.4, 0.5) is 4.79 Å². The highest BCUT2D eigenvalue weighted by Gasteiger charge is 2.32. The number of hydrogen-bond acceptors (Lipinski definition) is 3. The molecule has 0 saturated carbocycles. The molecular formula is C31H24N4OS. The Bertz CT molecular complexity index is 1810. The number of hydrogen-bond donors (Lipinski definition) is 2. The Balaban J connectivity index is 1.49. The lowest BCUT2D eigenvalue weighted by atomic mass is 9.92. The molecule has 0 spiro atoms. The third-order valence-corrected chi connectivity index (χ3v) is 8.17. The molecule has 2 aromatic heterocycles. The summed E-state index contributed by atoms with van der Waals surface area (Å²) in [6, 6.07) is 32.7. The van der Waals surface area contributed by atoms with Crippen LogP contribution >= 0.6 is 11.3 Å². The number of carbonyl (C=O) groups is 1. The zero-order valence-electron chi connectivity index (χ0n) is 20.2. The van der Waals surface area contributed by atoms with E-state index in [4.69, 9.17) is 4.98 Å². The maximum Gasteiger partial charge on any atom is 0.320 e. The first kappa shape index (κ1) is 21.8. The van der Waals surface area contributed by atoms with Crippen molar-refractivity contribution in [1.29, 1.82) is 0 Å². The molecule has 37 heavy (non-hydrogen) atoms. The third-order valence-electron chi connectivity index (χ3n) is 7.10. The van der Waals surface area contributed by atoms with E-state index in [0.717, 1.165) is 44.2 Å². The minimum atomic E-state index is -0.349. The predicted octanol–water partition coefficient (Wildman–Crippen LogP) is 7.35. The van der Waals surface area contributed by atoms with Crippen LogP contribution in [0.25, 0.3) is 43.3 Å². The van der Waals surface area contributed by atoms with Crippen molar-refractivity contribution in [1.82, 2.24) is 20.2 Å². The van der Waals surface area contributed by atoms with Gasteiger partial charge in [0.1, 0.15) is 5.01 Å². The van der Waals surface area contributed by atoms with Crippen molar-refractivity contribution in [2.45, 2.75) is 19.5 Å². The summed E-state index contributed by atoms with van der Waals surface area (Å²) in [6.07, 6.45) is 0. The number of aryl methyl sites for hydroxylation is 1. The zero-order chi connectivity index (χ0) is 24.9. The zero-order valence-corrected chi connectivity index (χ0v) is 21.0. The van der Waals surface area contributed by atoms with Gasteiger partial charge in [-0.25, -0.2) is 9.78 Å². The van der Waals surface area contributed by atoms with Crippen LogP contribution in [0.1, 0.15) is 29.1 Å². The first-order valence-electron chi connectivity index (χ1n) is 12.4. The van der Waals surface area contributed by atoms with Gasteiger partial charge in [0, 0.05) is 33.9 Å². The predicted molar refractivity (Wildman–Crippen MR) is 152 cm³/mol. The van der Waals surface area contributed by atoms with Crippen molar-refractivity contribution >= 4 is 60.7 Å². The van der Waals surface area contributed by atoms with Gasteiger partial charge in [0.15, 0.2) is 0 Å². The molecule has 0 saturated heterocycles. The van der Waals surface area contributed by atoms with E-state index in [-0.39, 0.29) is 12.1 Å². The molecule has 0 bridgehead atoms. The Labute approximate surface area is 218 Å². The van der Waals surface area contributed by atoms with Crippen LogP contribution in [0.15, 0.2) is 97.1 Å². The molecule has 4 aromatic carbocycles. The average Bonchev–Trinajstić information content (AvgIpc) is 3.51. The van der Waals surface area contributed by atoms with E-state index in [1.165, 1.54) is 21.8 Å². The lowest BCUT2D eigenvalue weighted by molar-refractivity contribution is 0.242. The molecule has 6 aromatic rings. The normalized spacial score (nSPS) is 15.9. The van der Waals surface area contributed by atoms with Crippen LogP contribution in [0.3, 0.4) is 0 Å². The Morgan fingerprint density at radius 1 is 0.865 bits per heavy atom. The maximum atomic E-state index is 13.0. The minimum absolute atomic E-state index is 0.218. The van der Waals surface area contributed by atoms with Crippen LogP contribution in [0.2, 0.25) is 0 Å². The molecule has 0 fully saturated rings. The molecule has 7 rings (SSSR count). The highest BCUT2D eigenvalue weighted by atomic mass is 32.1. The Morgan fingerprint density at radius 3 is 2.46 bits per heavy atom. The van der Waals surface area contributed by atoms with Gasteiger partial charge in [-0.2, -0.15) is 0 Å². The van der Waals surface area contributed by atoms with E-state index < -0.39 is 0 Å². The van der Waals surface area contributed by atoms with E-state index in [1.54, 1.807) is 11.3 Å². The first-order valence-corrected chi connectivity index (χ1v) is 13.3. The number of carbonyl (C=O) groups excluding carboxylic acids is 1. The standard InChI is InChI=1S/C31H24N4OS/c1-2-35-24-14-8-6-12-21(24)22-18-20(16-17-25(22)35)29-27(30-32-23-13-7-9-15-26(23)37-30)28(33-31(36)34-29)19-10-4-3-5-11-19/h3-18,29H,2H2,1H3,(H2,33,34,36)/t29-/m1/s1. The number of thiazole rings is 1. The topological polar surface area (TPSA) is 59.0 Å². The van der Waals surface area contributed by atoms with E-state index >= 15 is 0 Å². The number of urea groups is 1. The van der Waals surface area contributed by atoms with E-state index in [1.807, 2.05) is 48.5 Å². The fourth-order valence-electron chi connectivity index (χ4n) is 5.46. The van der Waals surface area contributed by atoms with Gasteiger partial charge in [-0.1, -0.05) is 66.7 Å². The van der Waals surface area contributed by atoms with Gasteiger partial charge in [0.2, 0.25) is 0 Å². The summed E-state index contributed by atoms with van der Waals surface area (Å²) in [7, 11) is 0. The number of rotatable bonds is 4. The van der Waals surface area contributed by atoms with E-state index in [9.17, 15) is 4.79 Å². The van der Waals surface area contributed by atoms with Gasteiger partial charge in [-0.15, -0.1) is 11.3 Å². The summed E-state index contributed by atoms with van der Waals surface area (Å²) in [5.41, 5.74) is 7.14. The Kier molecular flexibility index (Phi) is 5.08. The molecule has 6 heteroatoms. The van der Waals surface area contributed by atoms with Gasteiger partial charge in [0.25, 0.3) is 0 Å². The summed E-state index contributed by atoms with van der Waals surface area (Å²) in [6.45, 7) is 3.06. The van der Waals surface area contributed by atoms with Crippen molar-refractivity contribution in [3.63, 3.8) is 0 Å². The summed E-state index contributed by atoms with van der Waals surface area (Å²) in [5, 5.41) is 9.61. The van der Waals surface area contributed by atoms with Crippen LogP contribution in [-0.4, -0.2) is 15.6 Å². The Hall–Kier alpha value is -4.42. The summed E-state index contributed by atoms with van der Waals surface area (Å²) >= 11 is 1.65. The lowest BCUT2D eigenvalue weighted by Crippen LogP contribution is -2.42. The highest BCUT2D eigenvalue weighted by molar-refractivity contribution is 7.19. The van der Waals surface area contributed by atoms with Gasteiger partial charge >= 0.3 is 6.03 Å². The maximum absolute atomic E-state index is 13.0. The third kappa shape index (κ3) is 3.52. The molecule has 1 atom stereocenters. The van der Waals surface area contributed by atoms with Crippen molar-refractivity contribution in [3.05, 3.63) is 113 Å². The molecule has 5 nitrogen and oxygen atoms in total. The lowest BCUT2D eigenvalue weighted by Gasteiger charge is -2.30. The van der Waals surface area contributed by atoms with Gasteiger partial charge in [0.05, 0.1) is 22.0 Å². The van der Waals surface area contributed by atoms with Crippen LogP contribution in [0.5, 0.6) is 0 Å². The average molecular weight is 501 g/mol. The van der Waals surface area contributed by atoms with Crippen molar-refractivity contribution in [2.75, 3.05) is 0 Å². The monoisotopic (exact) mass is 500 g/mol. The molecule has 0 radical (unpaired) electrons. The number of amides is 2. The number of nitrogens with one attached hydrogen (secondary N) is 2. The first-order chi connectivity index (χ1) is 18.2. The quantitative estimate of drug-likeness (QED) is 0.266. The number of aromatic nitrogens is 2. The number of nitrogens with zero attached hydrogens (tertiary/aromatic N) is 2. The van der Waals surface area contributed by atoms with Crippen LogP contribution < -0.4 is 10.6 Å². The Morgan fingerprint density at radius 2 is 1.62 bits per heavy atom. The molecule has 3 heterocycles. The number of para-hydroxylation sites is 2. The van der Waals surface area contributed by atoms with Gasteiger partial charge in [-0.05, 0) is 48.4 Å². The molecule has 2 N–H and O–H groups in total. The second-order valence-corrected chi connectivity index (χ2v) is 10.2. The number of fused-ring (bicyclic) bond motifs is 4. The van der Waals surface area contributed by atoms with E-state index in [2.05, 4.69) is 70.7 Å². The largest absolute Gasteiger partial charge is 0.341 e. The van der Waals surface area contributed by atoms with Gasteiger partial charge < -0.3 is 15.2 Å². The van der Waals surface area contributed by atoms with Crippen molar-refractivity contribution < 1.29 is 4.79 Å². The fourth-order valence-corrected chi connectivity index (χ4v) is 6.50. The number of benzene rings is 4. The SMILES string of the molecule is CCn1c2ccccc2c2cc([C@H]3NC(=O)NC(c4ccccc4)=C3c3nc4ccccc4s3)ccc21. The van der Waals surface area contributed by atoms with Crippen molar-refractivity contribution in [3.8, 4) is 0 Å². The highest BCUT2D eigenvalue weighted by Crippen LogP contribution is 2.42. The van der Waals surface area contributed by atoms with Crippen LogP contribution in [0, 0.1) is 0 Å². The molecule has 1 aliphatic heterocycles. The summed E-state index contributed by atoms with van der Waals surface area (Å²) in [4.78, 5) is 18.0. The molecular weight excluding hydrogens is 476 g/mol. The van der Waals surface area contributed by atoms with Crippen LogP contribution in [-0.2, 0) is 6.54 Å². The molecule has 0 aliphatic carbocycles. The smallest absolute Gasteiger partial charge is 0.320 e. The summed E-state index contributed by atoms with van der Waals surface area (Å²) in [5.74, 6) is 0.